The van der Waals surface area contributed by atoms with Crippen molar-refractivity contribution in [2.45, 2.75) is 58.2 Å². The second-order valence-corrected chi connectivity index (χ2v) is 6.47. The normalized spacial score (nSPS) is 24.6. The smallest absolute Gasteiger partial charge is 0.307 e. The summed E-state index contributed by atoms with van der Waals surface area (Å²) in [6.07, 6.45) is 0.0929. The zero-order chi connectivity index (χ0) is 14.1. The van der Waals surface area contributed by atoms with Gasteiger partial charge in [0, 0.05) is 17.6 Å². The van der Waals surface area contributed by atoms with Crippen LogP contribution in [0.4, 0.5) is 0 Å². The van der Waals surface area contributed by atoms with Crippen molar-refractivity contribution in [1.29, 1.82) is 0 Å². The number of rotatable bonds is 2. The van der Waals surface area contributed by atoms with Gasteiger partial charge in [-0.1, -0.05) is 0 Å². The highest BCUT2D eigenvalue weighted by atomic mass is 16.5. The number of nitrogens with zero attached hydrogens (tertiary/aromatic N) is 1. The number of amides is 1. The van der Waals surface area contributed by atoms with Crippen molar-refractivity contribution in [2.24, 2.45) is 0 Å². The van der Waals surface area contributed by atoms with Gasteiger partial charge in [0.15, 0.2) is 0 Å². The molecule has 1 unspecified atom stereocenters. The Kier molecular flexibility index (Phi) is 4.05. The van der Waals surface area contributed by atoms with Crippen molar-refractivity contribution in [3.8, 4) is 0 Å². The highest BCUT2D eigenvalue weighted by molar-refractivity contribution is 5.88. The minimum Gasteiger partial charge on any atom is -0.469 e. The van der Waals surface area contributed by atoms with E-state index >= 15 is 0 Å². The Labute approximate surface area is 109 Å². The Morgan fingerprint density at radius 1 is 1.50 bits per heavy atom. The number of hydrogen-bond donors (Lipinski definition) is 1. The van der Waals surface area contributed by atoms with Crippen LogP contribution in [0.3, 0.4) is 0 Å². The van der Waals surface area contributed by atoms with Crippen LogP contribution < -0.4 is 5.32 Å². The molecule has 1 aliphatic heterocycles. The summed E-state index contributed by atoms with van der Waals surface area (Å²) in [5.74, 6) is -0.462. The van der Waals surface area contributed by atoms with Gasteiger partial charge in [0.25, 0.3) is 0 Å². The molecule has 0 spiro atoms. The van der Waals surface area contributed by atoms with E-state index in [1.54, 1.807) is 0 Å². The molecule has 104 valence electrons. The van der Waals surface area contributed by atoms with Crippen molar-refractivity contribution in [3.63, 3.8) is 0 Å². The molecule has 0 bridgehead atoms. The number of hydrogen-bond acceptors (Lipinski definition) is 4. The zero-order valence-electron chi connectivity index (χ0n) is 12.2. The molecule has 1 aliphatic rings. The number of carbonyl (C=O) groups excluding carboxylic acids is 2. The maximum atomic E-state index is 12.2. The molecule has 1 amide bonds. The van der Waals surface area contributed by atoms with E-state index in [1.165, 1.54) is 7.11 Å². The fraction of sp³-hybridized carbons (Fsp3) is 0.846. The SMILES string of the molecule is COC(=O)CC1C(=O)NC(C)(C)CN1C(C)(C)C. The Hall–Kier alpha value is -1.10. The van der Waals surface area contributed by atoms with Crippen molar-refractivity contribution >= 4 is 11.9 Å². The number of methoxy groups -OCH3 is 1. The van der Waals surface area contributed by atoms with Gasteiger partial charge in [-0.25, -0.2) is 0 Å². The van der Waals surface area contributed by atoms with Gasteiger partial charge >= 0.3 is 5.97 Å². The molecule has 0 aliphatic carbocycles. The summed E-state index contributed by atoms with van der Waals surface area (Å²) in [5, 5.41) is 2.95. The molecule has 0 saturated carbocycles. The highest BCUT2D eigenvalue weighted by Gasteiger charge is 2.43. The van der Waals surface area contributed by atoms with Crippen LogP contribution in [0.15, 0.2) is 0 Å². The minimum atomic E-state index is -0.453. The molecular weight excluding hydrogens is 232 g/mol. The maximum absolute atomic E-state index is 12.2. The Bertz CT molecular complexity index is 345. The standard InChI is InChI=1S/C13H24N2O3/c1-12(2,3)15-8-13(4,5)14-11(17)9(15)7-10(16)18-6/h9H,7-8H2,1-6H3,(H,14,17). The summed E-state index contributed by atoms with van der Waals surface area (Å²) < 4.78 is 4.67. The number of ether oxygens (including phenoxy) is 1. The fourth-order valence-corrected chi connectivity index (χ4v) is 2.28. The van der Waals surface area contributed by atoms with E-state index in [1.807, 2.05) is 34.6 Å². The average molecular weight is 256 g/mol. The quantitative estimate of drug-likeness (QED) is 0.747. The van der Waals surface area contributed by atoms with Crippen molar-refractivity contribution < 1.29 is 14.3 Å². The van der Waals surface area contributed by atoms with Crippen LogP contribution in [0.2, 0.25) is 0 Å². The van der Waals surface area contributed by atoms with E-state index in [9.17, 15) is 9.59 Å². The first-order chi connectivity index (χ1) is 8.07. The van der Waals surface area contributed by atoms with Gasteiger partial charge in [-0.2, -0.15) is 0 Å². The van der Waals surface area contributed by atoms with Gasteiger partial charge in [-0.05, 0) is 34.6 Å². The third-order valence-corrected chi connectivity index (χ3v) is 3.16. The topological polar surface area (TPSA) is 58.6 Å². The maximum Gasteiger partial charge on any atom is 0.307 e. The highest BCUT2D eigenvalue weighted by Crippen LogP contribution is 2.26. The third-order valence-electron chi connectivity index (χ3n) is 3.16. The van der Waals surface area contributed by atoms with Gasteiger partial charge in [0.1, 0.15) is 6.04 Å². The molecule has 0 aromatic heterocycles. The molecule has 5 heteroatoms. The molecule has 1 saturated heterocycles. The number of piperazine rings is 1. The molecule has 1 fully saturated rings. The van der Waals surface area contributed by atoms with Crippen LogP contribution in [0.1, 0.15) is 41.0 Å². The number of esters is 1. The lowest BCUT2D eigenvalue weighted by Gasteiger charge is -2.49. The zero-order valence-corrected chi connectivity index (χ0v) is 12.2. The summed E-state index contributed by atoms with van der Waals surface area (Å²) in [6, 6.07) is -0.453. The van der Waals surface area contributed by atoms with Crippen LogP contribution in [0.5, 0.6) is 0 Å². The van der Waals surface area contributed by atoms with E-state index in [0.717, 1.165) is 0 Å². The Morgan fingerprint density at radius 2 is 2.06 bits per heavy atom. The largest absolute Gasteiger partial charge is 0.469 e. The molecule has 1 atom stereocenters. The molecule has 1 rings (SSSR count). The minimum absolute atomic E-state index is 0.0929. The van der Waals surface area contributed by atoms with Gasteiger partial charge < -0.3 is 10.1 Å². The van der Waals surface area contributed by atoms with Crippen molar-refractivity contribution in [3.05, 3.63) is 0 Å². The second kappa shape index (κ2) is 4.88. The van der Waals surface area contributed by atoms with E-state index in [4.69, 9.17) is 0 Å². The molecule has 0 radical (unpaired) electrons. The fourth-order valence-electron chi connectivity index (χ4n) is 2.28. The van der Waals surface area contributed by atoms with Gasteiger partial charge in [0.05, 0.1) is 13.5 Å². The van der Waals surface area contributed by atoms with Crippen LogP contribution in [-0.2, 0) is 14.3 Å². The summed E-state index contributed by atoms with van der Waals surface area (Å²) in [5.41, 5.74) is -0.454. The molecule has 18 heavy (non-hydrogen) atoms. The molecule has 1 heterocycles. The predicted molar refractivity (Wildman–Crippen MR) is 69.1 cm³/mol. The Morgan fingerprint density at radius 3 is 2.50 bits per heavy atom. The third kappa shape index (κ3) is 3.45. The van der Waals surface area contributed by atoms with E-state index < -0.39 is 6.04 Å². The average Bonchev–Trinajstić information content (AvgIpc) is 2.19. The van der Waals surface area contributed by atoms with E-state index in [2.05, 4.69) is 15.0 Å². The van der Waals surface area contributed by atoms with Gasteiger partial charge in [-0.15, -0.1) is 0 Å². The molecule has 0 aromatic carbocycles. The molecule has 1 N–H and O–H groups in total. The summed E-state index contributed by atoms with van der Waals surface area (Å²) in [7, 11) is 1.34. The van der Waals surface area contributed by atoms with E-state index in [-0.39, 0.29) is 29.4 Å². The Balaban J connectivity index is 2.97. The first-order valence-corrected chi connectivity index (χ1v) is 6.22. The lowest BCUT2D eigenvalue weighted by Crippen LogP contribution is -2.68. The number of nitrogens with one attached hydrogen (secondary N) is 1. The monoisotopic (exact) mass is 256 g/mol. The summed E-state index contributed by atoms with van der Waals surface area (Å²) in [6.45, 7) is 10.8. The van der Waals surface area contributed by atoms with Crippen LogP contribution in [0.25, 0.3) is 0 Å². The first-order valence-electron chi connectivity index (χ1n) is 6.22. The van der Waals surface area contributed by atoms with Gasteiger partial charge in [0.2, 0.25) is 5.91 Å². The van der Waals surface area contributed by atoms with E-state index in [0.29, 0.717) is 6.54 Å². The van der Waals surface area contributed by atoms with Gasteiger partial charge in [-0.3, -0.25) is 14.5 Å². The van der Waals surface area contributed by atoms with Crippen LogP contribution in [-0.4, -0.2) is 47.6 Å². The van der Waals surface area contributed by atoms with Crippen LogP contribution >= 0.6 is 0 Å². The molecular formula is C13H24N2O3. The molecule has 5 nitrogen and oxygen atoms in total. The van der Waals surface area contributed by atoms with Crippen LogP contribution in [0, 0.1) is 0 Å². The lowest BCUT2D eigenvalue weighted by molar-refractivity contribution is -0.149. The van der Waals surface area contributed by atoms with Crippen molar-refractivity contribution in [2.75, 3.05) is 13.7 Å². The first kappa shape index (κ1) is 15.0. The van der Waals surface area contributed by atoms with Crippen molar-refractivity contribution in [1.82, 2.24) is 10.2 Å². The predicted octanol–water partition coefficient (Wildman–Crippen LogP) is 0.927. The second-order valence-electron chi connectivity index (χ2n) is 6.47. The lowest BCUT2D eigenvalue weighted by atomic mass is 9.91. The molecule has 0 aromatic rings. The summed E-state index contributed by atoms with van der Waals surface area (Å²) in [4.78, 5) is 25.7. The number of carbonyl (C=O) groups is 2. The summed E-state index contributed by atoms with van der Waals surface area (Å²) >= 11 is 0.